The van der Waals surface area contributed by atoms with Crippen LogP contribution in [0.1, 0.15) is 23.0 Å². The number of anilines is 2. The minimum atomic E-state index is -1.01. The van der Waals surface area contributed by atoms with Gasteiger partial charge in [0.2, 0.25) is 0 Å². The van der Waals surface area contributed by atoms with E-state index in [-0.39, 0.29) is 30.3 Å². The number of hydrogen-bond acceptors (Lipinski definition) is 6. The van der Waals surface area contributed by atoms with Crippen LogP contribution in [0, 0.1) is 11.6 Å². The second kappa shape index (κ2) is 8.81. The molecule has 3 aromatic rings. The van der Waals surface area contributed by atoms with Gasteiger partial charge in [-0.3, -0.25) is 24.6 Å². The SMILES string of the molecule is CCN1C(=O)N(c2c(F)c(OC)cc(OC)c2F)Cc2cnc(-c3ccc(C=O)nc3)cc21. The van der Waals surface area contributed by atoms with E-state index in [0.29, 0.717) is 28.8 Å². The summed E-state index contributed by atoms with van der Waals surface area (Å²) in [5, 5.41) is 0. The van der Waals surface area contributed by atoms with Crippen LogP contribution in [0.25, 0.3) is 11.3 Å². The number of amides is 2. The maximum Gasteiger partial charge on any atom is 0.329 e. The Hall–Kier alpha value is -4.08. The number of fused-ring (bicyclic) bond motifs is 1. The van der Waals surface area contributed by atoms with E-state index in [4.69, 9.17) is 9.47 Å². The highest BCUT2D eigenvalue weighted by molar-refractivity contribution is 6.06. The Kier molecular flexibility index (Phi) is 5.91. The number of aromatic nitrogens is 2. The van der Waals surface area contributed by atoms with Gasteiger partial charge in [0.25, 0.3) is 0 Å². The lowest BCUT2D eigenvalue weighted by Gasteiger charge is -2.37. The van der Waals surface area contributed by atoms with Crippen molar-refractivity contribution < 1.29 is 27.8 Å². The van der Waals surface area contributed by atoms with Gasteiger partial charge in [0.15, 0.2) is 29.4 Å². The molecule has 170 valence electrons. The van der Waals surface area contributed by atoms with Gasteiger partial charge in [0.1, 0.15) is 11.4 Å². The largest absolute Gasteiger partial charge is 0.493 e. The fourth-order valence-corrected chi connectivity index (χ4v) is 3.71. The lowest BCUT2D eigenvalue weighted by molar-refractivity contribution is 0.111. The molecule has 0 radical (unpaired) electrons. The van der Waals surface area contributed by atoms with Crippen molar-refractivity contribution in [3.05, 3.63) is 59.6 Å². The highest BCUT2D eigenvalue weighted by Crippen LogP contribution is 2.41. The summed E-state index contributed by atoms with van der Waals surface area (Å²) in [7, 11) is 2.49. The standard InChI is InChI=1S/C23H20F2N4O4/c1-4-28-17-7-16(13-5-6-15(12-30)26-9-13)27-10-14(17)11-29(23(28)31)22-20(24)18(32-2)8-19(33-3)21(22)25/h5-10,12H,4,11H2,1-3H3. The monoisotopic (exact) mass is 454 g/mol. The number of methoxy groups -OCH3 is 2. The first-order valence-electron chi connectivity index (χ1n) is 10.0. The van der Waals surface area contributed by atoms with Crippen molar-refractivity contribution in [2.24, 2.45) is 0 Å². The maximum atomic E-state index is 15.1. The van der Waals surface area contributed by atoms with Gasteiger partial charge < -0.3 is 9.47 Å². The van der Waals surface area contributed by atoms with Crippen molar-refractivity contribution in [1.82, 2.24) is 9.97 Å². The zero-order valence-corrected chi connectivity index (χ0v) is 18.1. The van der Waals surface area contributed by atoms with Crippen molar-refractivity contribution in [2.45, 2.75) is 13.5 Å². The summed E-state index contributed by atoms with van der Waals surface area (Å²) in [6.45, 7) is 1.90. The topological polar surface area (TPSA) is 84.9 Å². The van der Waals surface area contributed by atoms with Crippen molar-refractivity contribution in [1.29, 1.82) is 0 Å². The molecule has 8 nitrogen and oxygen atoms in total. The molecule has 2 aromatic heterocycles. The Bertz CT molecular complexity index is 1210. The smallest absolute Gasteiger partial charge is 0.329 e. The van der Waals surface area contributed by atoms with E-state index in [1.807, 2.05) is 0 Å². The van der Waals surface area contributed by atoms with Crippen molar-refractivity contribution in [3.63, 3.8) is 0 Å². The van der Waals surface area contributed by atoms with Crippen LogP contribution in [0.3, 0.4) is 0 Å². The van der Waals surface area contributed by atoms with E-state index in [2.05, 4.69) is 9.97 Å². The minimum absolute atomic E-state index is 0.107. The molecule has 1 aliphatic heterocycles. The number of carbonyl (C=O) groups is 2. The fraction of sp³-hybridized carbons (Fsp3) is 0.217. The molecule has 0 saturated carbocycles. The third kappa shape index (κ3) is 3.73. The first kappa shape index (κ1) is 22.1. The van der Waals surface area contributed by atoms with Crippen molar-refractivity contribution >= 4 is 23.7 Å². The van der Waals surface area contributed by atoms with Crippen molar-refractivity contribution in [2.75, 3.05) is 30.6 Å². The molecule has 0 spiro atoms. The molecule has 1 aromatic carbocycles. The summed E-state index contributed by atoms with van der Waals surface area (Å²) in [5.74, 6) is -2.50. The molecule has 1 aliphatic rings. The van der Waals surface area contributed by atoms with Gasteiger partial charge in [-0.2, -0.15) is 0 Å². The van der Waals surface area contributed by atoms with E-state index in [9.17, 15) is 9.59 Å². The van der Waals surface area contributed by atoms with Crippen LogP contribution < -0.4 is 19.3 Å². The Morgan fingerprint density at radius 3 is 2.30 bits per heavy atom. The number of carbonyl (C=O) groups excluding carboxylic acids is 2. The first-order valence-corrected chi connectivity index (χ1v) is 10.0. The summed E-state index contributed by atoms with van der Waals surface area (Å²) in [6, 6.07) is 5.46. The van der Waals surface area contributed by atoms with Crippen LogP contribution in [0.2, 0.25) is 0 Å². The highest BCUT2D eigenvalue weighted by atomic mass is 19.1. The van der Waals surface area contributed by atoms with Gasteiger partial charge in [0.05, 0.1) is 32.1 Å². The zero-order valence-electron chi connectivity index (χ0n) is 18.1. The van der Waals surface area contributed by atoms with Crippen LogP contribution in [-0.2, 0) is 6.54 Å². The first-order chi connectivity index (χ1) is 15.9. The minimum Gasteiger partial charge on any atom is -0.493 e. The number of ether oxygens (including phenoxy) is 2. The molecule has 0 aliphatic carbocycles. The number of urea groups is 1. The Morgan fingerprint density at radius 2 is 1.76 bits per heavy atom. The number of benzene rings is 1. The molecule has 0 atom stereocenters. The summed E-state index contributed by atoms with van der Waals surface area (Å²) >= 11 is 0. The molecule has 0 saturated heterocycles. The Morgan fingerprint density at radius 1 is 1.06 bits per heavy atom. The third-order valence-corrected chi connectivity index (χ3v) is 5.38. The van der Waals surface area contributed by atoms with Gasteiger partial charge in [-0.25, -0.2) is 13.6 Å². The van der Waals surface area contributed by atoms with Crippen molar-refractivity contribution in [3.8, 4) is 22.8 Å². The molecular weight excluding hydrogens is 434 g/mol. The Balaban J connectivity index is 1.80. The van der Waals surface area contributed by atoms with Gasteiger partial charge in [-0.05, 0) is 25.1 Å². The van der Waals surface area contributed by atoms with Crippen LogP contribution in [-0.4, -0.2) is 43.0 Å². The zero-order chi connectivity index (χ0) is 23.7. The Labute approximate surface area is 188 Å². The lowest BCUT2D eigenvalue weighted by Crippen LogP contribution is -2.48. The molecule has 0 bridgehead atoms. The van der Waals surface area contributed by atoms with Crippen LogP contribution in [0.15, 0.2) is 36.7 Å². The highest BCUT2D eigenvalue weighted by Gasteiger charge is 2.36. The van der Waals surface area contributed by atoms with Gasteiger partial charge >= 0.3 is 6.03 Å². The van der Waals surface area contributed by atoms with E-state index in [1.165, 1.54) is 25.3 Å². The van der Waals surface area contributed by atoms with Crippen LogP contribution in [0.5, 0.6) is 11.5 Å². The second-order valence-electron chi connectivity index (χ2n) is 7.16. The number of hydrogen-bond donors (Lipinski definition) is 0. The molecule has 2 amide bonds. The van der Waals surface area contributed by atoms with E-state index in [0.717, 1.165) is 11.0 Å². The summed E-state index contributed by atoms with van der Waals surface area (Å²) in [6.07, 6.45) is 3.70. The van der Waals surface area contributed by atoms with Gasteiger partial charge in [-0.15, -0.1) is 0 Å². The number of halogens is 2. The number of rotatable bonds is 6. The summed E-state index contributed by atoms with van der Waals surface area (Å²) in [4.78, 5) is 35.0. The fourth-order valence-electron chi connectivity index (χ4n) is 3.71. The van der Waals surface area contributed by atoms with Crippen LogP contribution in [0.4, 0.5) is 25.0 Å². The van der Waals surface area contributed by atoms with Crippen LogP contribution >= 0.6 is 0 Å². The molecule has 33 heavy (non-hydrogen) atoms. The molecule has 0 N–H and O–H groups in total. The number of aldehydes is 1. The average molecular weight is 454 g/mol. The molecule has 10 heteroatoms. The second-order valence-corrected chi connectivity index (χ2v) is 7.16. The predicted octanol–water partition coefficient (Wildman–Crippen LogP) is 4.22. The summed E-state index contributed by atoms with van der Waals surface area (Å²) in [5.41, 5.74) is 2.09. The maximum absolute atomic E-state index is 15.1. The van der Waals surface area contributed by atoms with E-state index in [1.54, 1.807) is 31.3 Å². The lowest BCUT2D eigenvalue weighted by atomic mass is 10.1. The third-order valence-electron chi connectivity index (χ3n) is 5.38. The molecule has 4 rings (SSSR count). The van der Waals surface area contributed by atoms with E-state index < -0.39 is 23.4 Å². The normalized spacial score (nSPS) is 13.1. The summed E-state index contributed by atoms with van der Waals surface area (Å²) < 4.78 is 40.2. The molecule has 3 heterocycles. The molecule has 0 unspecified atom stereocenters. The molecular formula is C23H20F2N4O4. The quantitative estimate of drug-likeness (QED) is 0.519. The van der Waals surface area contributed by atoms with Gasteiger partial charge in [-0.1, -0.05) is 0 Å². The van der Waals surface area contributed by atoms with E-state index >= 15 is 8.78 Å². The molecule has 0 fully saturated rings. The number of nitrogens with zero attached hydrogens (tertiary/aromatic N) is 4. The number of pyridine rings is 2. The average Bonchev–Trinajstić information content (AvgIpc) is 2.84. The van der Waals surface area contributed by atoms with Gasteiger partial charge in [0, 0.05) is 36.1 Å². The predicted molar refractivity (Wildman–Crippen MR) is 117 cm³/mol.